The Morgan fingerprint density at radius 2 is 1.67 bits per heavy atom. The van der Waals surface area contributed by atoms with E-state index in [1.807, 2.05) is 0 Å². The van der Waals surface area contributed by atoms with Crippen LogP contribution in [-0.4, -0.2) is 17.0 Å². The molecule has 0 aromatic carbocycles. The Labute approximate surface area is 120 Å². The highest BCUT2D eigenvalue weighted by Gasteiger charge is 2.63. The largest absolute Gasteiger partial charge is 0.374 e. The highest BCUT2D eigenvalue weighted by Crippen LogP contribution is 2.67. The maximum atomic E-state index is 6.58. The summed E-state index contributed by atoms with van der Waals surface area (Å²) in [5, 5.41) is 0. The molecule has 5 unspecified atom stereocenters. The van der Waals surface area contributed by atoms with E-state index in [-0.39, 0.29) is 0 Å². The molecule has 2 heteroatoms. The van der Waals surface area contributed by atoms with E-state index in [1.165, 1.54) is 25.7 Å². The zero-order valence-corrected chi connectivity index (χ0v) is 14.0. The van der Waals surface area contributed by atoms with Crippen molar-refractivity contribution in [3.8, 4) is 0 Å². The quantitative estimate of drug-likeness (QED) is 0.666. The third kappa shape index (κ3) is 1.48. The monoisotopic (exact) mass is 314 g/mol. The summed E-state index contributed by atoms with van der Waals surface area (Å²) >= 11 is 3.77. The molecular formula is C16H27BrO. The fourth-order valence-electron chi connectivity index (χ4n) is 4.60. The van der Waals surface area contributed by atoms with Crippen LogP contribution in [0.5, 0.6) is 0 Å². The zero-order chi connectivity index (χ0) is 13.3. The minimum absolute atomic E-state index is 0.308. The number of rotatable bonds is 2. The van der Waals surface area contributed by atoms with E-state index in [0.29, 0.717) is 33.3 Å². The Kier molecular flexibility index (Phi) is 2.80. The third-order valence-corrected chi connectivity index (χ3v) is 8.65. The van der Waals surface area contributed by atoms with Crippen molar-refractivity contribution in [3.63, 3.8) is 0 Å². The molecule has 0 amide bonds. The fraction of sp³-hybridized carbons (Fsp3) is 1.00. The summed E-state index contributed by atoms with van der Waals surface area (Å²) in [7, 11) is 0. The van der Waals surface area contributed by atoms with Crippen molar-refractivity contribution in [1.29, 1.82) is 0 Å². The van der Waals surface area contributed by atoms with Gasteiger partial charge in [-0.25, -0.2) is 0 Å². The van der Waals surface area contributed by atoms with Crippen LogP contribution in [0, 0.1) is 22.2 Å². The molecule has 2 bridgehead atoms. The molecule has 3 aliphatic carbocycles. The van der Waals surface area contributed by atoms with Crippen LogP contribution in [0.4, 0.5) is 0 Å². The van der Waals surface area contributed by atoms with E-state index in [9.17, 15) is 0 Å². The number of fused-ring (bicyclic) bond motifs is 2. The first-order valence-corrected chi connectivity index (χ1v) is 8.40. The van der Waals surface area contributed by atoms with Crippen molar-refractivity contribution in [2.75, 3.05) is 0 Å². The Balaban J connectivity index is 1.73. The Morgan fingerprint density at radius 1 is 1.00 bits per heavy atom. The average molecular weight is 315 g/mol. The molecule has 18 heavy (non-hydrogen) atoms. The molecular weight excluding hydrogens is 288 g/mol. The molecule has 5 atom stereocenters. The summed E-state index contributed by atoms with van der Waals surface area (Å²) in [5.74, 6) is 0.885. The molecule has 0 N–H and O–H groups in total. The van der Waals surface area contributed by atoms with Gasteiger partial charge < -0.3 is 4.74 Å². The van der Waals surface area contributed by atoms with Gasteiger partial charge in [-0.15, -0.1) is 0 Å². The maximum absolute atomic E-state index is 6.58. The topological polar surface area (TPSA) is 9.23 Å². The minimum Gasteiger partial charge on any atom is -0.374 e. The minimum atomic E-state index is 0.308. The van der Waals surface area contributed by atoms with Gasteiger partial charge in [-0.05, 0) is 42.4 Å². The lowest BCUT2D eigenvalue weighted by molar-refractivity contribution is -0.159. The van der Waals surface area contributed by atoms with Crippen molar-refractivity contribution in [2.45, 2.75) is 77.3 Å². The van der Waals surface area contributed by atoms with Crippen molar-refractivity contribution < 1.29 is 4.74 Å². The first-order valence-electron chi connectivity index (χ1n) is 7.49. The van der Waals surface area contributed by atoms with Gasteiger partial charge in [-0.2, -0.15) is 0 Å². The van der Waals surface area contributed by atoms with E-state index >= 15 is 0 Å². The van der Waals surface area contributed by atoms with Crippen LogP contribution in [0.2, 0.25) is 0 Å². The van der Waals surface area contributed by atoms with Gasteiger partial charge in [0, 0.05) is 10.2 Å². The number of halogens is 1. The lowest BCUT2D eigenvalue weighted by Crippen LogP contribution is -2.54. The molecule has 3 rings (SSSR count). The number of alkyl halides is 1. The van der Waals surface area contributed by atoms with Crippen molar-refractivity contribution in [3.05, 3.63) is 0 Å². The van der Waals surface area contributed by atoms with Crippen LogP contribution in [0.25, 0.3) is 0 Å². The molecule has 0 radical (unpaired) electrons. The van der Waals surface area contributed by atoms with Gasteiger partial charge in [-0.3, -0.25) is 0 Å². The second-order valence-electron chi connectivity index (χ2n) is 8.25. The van der Waals surface area contributed by atoms with Gasteiger partial charge in [-0.1, -0.05) is 50.5 Å². The Bertz CT molecular complexity index is 362. The molecule has 3 aliphatic rings. The second-order valence-corrected chi connectivity index (χ2v) is 9.35. The van der Waals surface area contributed by atoms with Gasteiger partial charge in [0.25, 0.3) is 0 Å². The lowest BCUT2D eigenvalue weighted by atomic mass is 9.67. The second kappa shape index (κ2) is 3.75. The van der Waals surface area contributed by atoms with Crippen LogP contribution < -0.4 is 0 Å². The van der Waals surface area contributed by atoms with Gasteiger partial charge in [0.05, 0.1) is 12.2 Å². The average Bonchev–Trinajstić information content (AvgIpc) is 2.61. The first-order chi connectivity index (χ1) is 8.19. The van der Waals surface area contributed by atoms with Crippen molar-refractivity contribution in [1.82, 2.24) is 0 Å². The highest BCUT2D eigenvalue weighted by molar-refractivity contribution is 9.09. The van der Waals surface area contributed by atoms with Crippen LogP contribution in [0.1, 0.15) is 60.3 Å². The molecule has 0 aromatic rings. The maximum Gasteiger partial charge on any atom is 0.0651 e. The molecule has 0 saturated heterocycles. The van der Waals surface area contributed by atoms with Crippen LogP contribution in [-0.2, 0) is 4.74 Å². The molecule has 1 nitrogen and oxygen atoms in total. The molecule has 0 aromatic heterocycles. The standard InChI is InChI=1S/C16H27BrO/c1-14(2)11(17)9-12(14)18-13-8-10-6-7-16(13,5)15(10,3)4/h10-13H,6-9H2,1-5H3. The first kappa shape index (κ1) is 13.4. The summed E-state index contributed by atoms with van der Waals surface area (Å²) in [4.78, 5) is 0.634. The predicted octanol–water partition coefficient (Wildman–Crippen LogP) is 4.78. The van der Waals surface area contributed by atoms with E-state index < -0.39 is 0 Å². The van der Waals surface area contributed by atoms with Gasteiger partial charge in [0.2, 0.25) is 0 Å². The van der Waals surface area contributed by atoms with Gasteiger partial charge in [0.1, 0.15) is 0 Å². The van der Waals surface area contributed by atoms with E-state index in [0.717, 1.165) is 5.92 Å². The smallest absolute Gasteiger partial charge is 0.0651 e. The fourth-order valence-corrected chi connectivity index (χ4v) is 5.24. The van der Waals surface area contributed by atoms with Gasteiger partial charge in [0.15, 0.2) is 0 Å². The van der Waals surface area contributed by atoms with Crippen LogP contribution in [0.3, 0.4) is 0 Å². The zero-order valence-electron chi connectivity index (χ0n) is 12.4. The Hall–Kier alpha value is 0.440. The molecule has 104 valence electrons. The normalized spacial score (nSPS) is 52.3. The number of hydrogen-bond donors (Lipinski definition) is 0. The summed E-state index contributed by atoms with van der Waals surface area (Å²) in [6, 6.07) is 0. The van der Waals surface area contributed by atoms with Gasteiger partial charge >= 0.3 is 0 Å². The summed E-state index contributed by atoms with van der Waals surface area (Å²) in [6.45, 7) is 12.1. The highest BCUT2D eigenvalue weighted by atomic mass is 79.9. The van der Waals surface area contributed by atoms with E-state index in [1.54, 1.807) is 0 Å². The number of hydrogen-bond acceptors (Lipinski definition) is 1. The lowest BCUT2D eigenvalue weighted by Gasteiger charge is -2.52. The predicted molar refractivity (Wildman–Crippen MR) is 79.0 cm³/mol. The van der Waals surface area contributed by atoms with Crippen molar-refractivity contribution in [2.24, 2.45) is 22.2 Å². The molecule has 0 heterocycles. The molecule has 3 fully saturated rings. The van der Waals surface area contributed by atoms with E-state index in [4.69, 9.17) is 4.74 Å². The van der Waals surface area contributed by atoms with E-state index in [2.05, 4.69) is 50.5 Å². The SMILES string of the molecule is CC1(C)C(Br)CC1OC1CC2CCC1(C)C2(C)C. The molecule has 0 aliphatic heterocycles. The summed E-state index contributed by atoms with van der Waals surface area (Å²) < 4.78 is 6.58. The van der Waals surface area contributed by atoms with Crippen molar-refractivity contribution >= 4 is 15.9 Å². The summed E-state index contributed by atoms with van der Waals surface area (Å²) in [6.07, 6.45) is 6.21. The number of ether oxygens (including phenoxy) is 1. The van der Waals surface area contributed by atoms with Crippen LogP contribution in [0.15, 0.2) is 0 Å². The molecule has 3 saturated carbocycles. The molecule has 0 spiro atoms. The van der Waals surface area contributed by atoms with Crippen LogP contribution >= 0.6 is 15.9 Å². The third-order valence-electron chi connectivity index (χ3n) is 7.10. The Morgan fingerprint density at radius 3 is 2.06 bits per heavy atom. The summed E-state index contributed by atoms with van der Waals surface area (Å²) in [5.41, 5.74) is 1.19.